The molecule has 41 heavy (non-hydrogen) atoms. The number of rotatable bonds is 13. The number of unbranched alkanes of at least 4 members (excludes halogenated alkanes) is 3. The molecule has 0 aromatic heterocycles. The van der Waals surface area contributed by atoms with Gasteiger partial charge in [0, 0.05) is 29.1 Å². The van der Waals surface area contributed by atoms with Gasteiger partial charge in [0.15, 0.2) is 0 Å². The van der Waals surface area contributed by atoms with Crippen LogP contribution in [0.2, 0.25) is 0 Å². The highest BCUT2D eigenvalue weighted by Gasteiger charge is 2.19. The van der Waals surface area contributed by atoms with Gasteiger partial charge in [-0.25, -0.2) is 0 Å². The summed E-state index contributed by atoms with van der Waals surface area (Å²) in [5, 5.41) is 0. The van der Waals surface area contributed by atoms with Crippen molar-refractivity contribution < 1.29 is 0 Å². The SMILES string of the molecule is CCCCCCC(c1ccc(C(CC)c2ccc(N)cc2C)cc1)c1ccc(C(CC)c2ccc(N)cc2C)cc1. The first kappa shape index (κ1) is 30.4. The Morgan fingerprint density at radius 2 is 0.878 bits per heavy atom. The van der Waals surface area contributed by atoms with Gasteiger partial charge >= 0.3 is 0 Å². The summed E-state index contributed by atoms with van der Waals surface area (Å²) >= 11 is 0. The van der Waals surface area contributed by atoms with Gasteiger partial charge in [-0.15, -0.1) is 0 Å². The van der Waals surface area contributed by atoms with Gasteiger partial charge in [0.1, 0.15) is 0 Å². The zero-order valence-electron chi connectivity index (χ0n) is 25.9. The Balaban J connectivity index is 1.61. The quantitative estimate of drug-likeness (QED) is 0.129. The maximum absolute atomic E-state index is 6.05. The highest BCUT2D eigenvalue weighted by Crippen LogP contribution is 2.36. The fourth-order valence-electron chi connectivity index (χ4n) is 6.67. The lowest BCUT2D eigenvalue weighted by molar-refractivity contribution is 0.596. The van der Waals surface area contributed by atoms with Gasteiger partial charge in [0.2, 0.25) is 0 Å². The van der Waals surface area contributed by atoms with Crippen molar-refractivity contribution in [3.8, 4) is 0 Å². The van der Waals surface area contributed by atoms with Crippen LogP contribution >= 0.6 is 0 Å². The van der Waals surface area contributed by atoms with Crippen LogP contribution in [-0.4, -0.2) is 0 Å². The summed E-state index contributed by atoms with van der Waals surface area (Å²) in [7, 11) is 0. The van der Waals surface area contributed by atoms with E-state index >= 15 is 0 Å². The molecule has 0 saturated carbocycles. The number of hydrogen-bond acceptors (Lipinski definition) is 2. The lowest BCUT2D eigenvalue weighted by atomic mass is 9.81. The Labute approximate surface area is 249 Å². The lowest BCUT2D eigenvalue weighted by Crippen LogP contribution is -2.06. The van der Waals surface area contributed by atoms with Crippen LogP contribution < -0.4 is 11.5 Å². The van der Waals surface area contributed by atoms with Crippen molar-refractivity contribution in [2.75, 3.05) is 11.5 Å². The van der Waals surface area contributed by atoms with E-state index in [-0.39, 0.29) is 0 Å². The minimum atomic E-state index is 0.384. The summed E-state index contributed by atoms with van der Waals surface area (Å²) in [6.45, 7) is 11.2. The Kier molecular flexibility index (Phi) is 10.7. The van der Waals surface area contributed by atoms with E-state index < -0.39 is 0 Å². The Morgan fingerprint density at radius 3 is 1.22 bits per heavy atom. The van der Waals surface area contributed by atoms with Gasteiger partial charge in [0.25, 0.3) is 0 Å². The third-order valence-corrected chi connectivity index (χ3v) is 8.98. The first-order valence-electron chi connectivity index (χ1n) is 15.8. The highest BCUT2D eigenvalue weighted by molar-refractivity contribution is 5.49. The molecule has 0 radical (unpaired) electrons. The van der Waals surface area contributed by atoms with Crippen LogP contribution in [0.1, 0.15) is 128 Å². The van der Waals surface area contributed by atoms with Crippen LogP contribution in [0.4, 0.5) is 11.4 Å². The van der Waals surface area contributed by atoms with Gasteiger partial charge in [-0.2, -0.15) is 0 Å². The fraction of sp³-hybridized carbons (Fsp3) is 0.385. The number of anilines is 2. The second-order valence-electron chi connectivity index (χ2n) is 11.9. The summed E-state index contributed by atoms with van der Waals surface area (Å²) in [4.78, 5) is 0. The monoisotopic (exact) mass is 546 g/mol. The molecule has 0 fully saturated rings. The molecule has 2 nitrogen and oxygen atoms in total. The molecule has 0 aliphatic heterocycles. The Morgan fingerprint density at radius 1 is 0.488 bits per heavy atom. The smallest absolute Gasteiger partial charge is 0.0316 e. The molecule has 0 aliphatic rings. The highest BCUT2D eigenvalue weighted by atomic mass is 14.5. The zero-order chi connectivity index (χ0) is 29.4. The molecule has 0 spiro atoms. The minimum absolute atomic E-state index is 0.384. The van der Waals surface area contributed by atoms with E-state index in [1.807, 2.05) is 12.1 Å². The first-order chi connectivity index (χ1) is 19.9. The van der Waals surface area contributed by atoms with Gasteiger partial charge in [-0.1, -0.05) is 107 Å². The average Bonchev–Trinajstić information content (AvgIpc) is 2.97. The molecule has 2 atom stereocenters. The van der Waals surface area contributed by atoms with Gasteiger partial charge < -0.3 is 11.5 Å². The molecule has 0 bridgehead atoms. The van der Waals surface area contributed by atoms with Crippen LogP contribution in [0.3, 0.4) is 0 Å². The fourth-order valence-corrected chi connectivity index (χ4v) is 6.67. The van der Waals surface area contributed by atoms with E-state index in [2.05, 4.69) is 107 Å². The molecular formula is C39H50N2. The zero-order valence-corrected chi connectivity index (χ0v) is 25.9. The van der Waals surface area contributed by atoms with Crippen molar-refractivity contribution in [1.29, 1.82) is 0 Å². The molecule has 4 aromatic rings. The molecular weight excluding hydrogens is 496 g/mol. The van der Waals surface area contributed by atoms with Crippen LogP contribution in [0.5, 0.6) is 0 Å². The third kappa shape index (κ3) is 7.41. The van der Waals surface area contributed by atoms with Crippen molar-refractivity contribution >= 4 is 11.4 Å². The largest absolute Gasteiger partial charge is 0.399 e. The second-order valence-corrected chi connectivity index (χ2v) is 11.9. The van der Waals surface area contributed by atoms with E-state index in [4.69, 9.17) is 11.5 Å². The number of hydrogen-bond donors (Lipinski definition) is 2. The normalized spacial score (nSPS) is 13.6. The molecule has 4 aromatic carbocycles. The minimum Gasteiger partial charge on any atom is -0.399 e. The van der Waals surface area contributed by atoms with Gasteiger partial charge in [-0.05, 0) is 102 Å². The van der Waals surface area contributed by atoms with E-state index in [1.54, 1.807) is 0 Å². The van der Waals surface area contributed by atoms with E-state index in [0.717, 1.165) is 24.2 Å². The predicted molar refractivity (Wildman–Crippen MR) is 179 cm³/mol. The lowest BCUT2D eigenvalue weighted by Gasteiger charge is -2.23. The van der Waals surface area contributed by atoms with Crippen LogP contribution in [0, 0.1) is 13.8 Å². The van der Waals surface area contributed by atoms with Gasteiger partial charge in [-0.3, -0.25) is 0 Å². The first-order valence-corrected chi connectivity index (χ1v) is 15.8. The summed E-state index contributed by atoms with van der Waals surface area (Å²) in [6, 6.07) is 31.7. The molecule has 2 heteroatoms. The van der Waals surface area contributed by atoms with Crippen molar-refractivity contribution in [2.24, 2.45) is 0 Å². The molecule has 2 unspecified atom stereocenters. The molecule has 216 valence electrons. The topological polar surface area (TPSA) is 52.0 Å². The number of aryl methyl sites for hydroxylation is 2. The maximum atomic E-state index is 6.05. The molecule has 0 heterocycles. The van der Waals surface area contributed by atoms with Crippen molar-refractivity contribution in [1.82, 2.24) is 0 Å². The number of nitrogen functional groups attached to an aromatic ring is 2. The molecule has 0 amide bonds. The summed E-state index contributed by atoms with van der Waals surface area (Å²) in [6.07, 6.45) is 8.44. The van der Waals surface area contributed by atoms with E-state index in [9.17, 15) is 0 Å². The van der Waals surface area contributed by atoms with E-state index in [1.165, 1.54) is 76.6 Å². The Bertz CT molecular complexity index is 1280. The standard InChI is InChI=1S/C39H50N2/c1-6-9-10-11-12-39(31-17-13-29(14-18-31)35(7-2)37-23-21-33(40)25-27(37)4)32-19-15-30(16-20-32)36(8-3)38-24-22-34(41)26-28(38)5/h13-26,35-36,39H,6-12,40-41H2,1-5H3. The van der Waals surface area contributed by atoms with Crippen molar-refractivity contribution in [3.63, 3.8) is 0 Å². The van der Waals surface area contributed by atoms with Crippen LogP contribution in [0.15, 0.2) is 84.9 Å². The molecule has 4 rings (SSSR count). The van der Waals surface area contributed by atoms with Crippen molar-refractivity contribution in [3.05, 3.63) is 129 Å². The predicted octanol–water partition coefficient (Wildman–Crippen LogP) is 10.7. The maximum Gasteiger partial charge on any atom is 0.0316 e. The van der Waals surface area contributed by atoms with Crippen LogP contribution in [-0.2, 0) is 0 Å². The third-order valence-electron chi connectivity index (χ3n) is 8.98. The van der Waals surface area contributed by atoms with Crippen molar-refractivity contribution in [2.45, 2.75) is 97.3 Å². The second kappa shape index (κ2) is 14.4. The number of nitrogens with two attached hydrogens (primary N) is 2. The molecule has 0 saturated heterocycles. The average molecular weight is 547 g/mol. The summed E-state index contributed by atoms with van der Waals surface area (Å²) < 4.78 is 0. The Hall–Kier alpha value is -3.52. The van der Waals surface area contributed by atoms with Crippen LogP contribution in [0.25, 0.3) is 0 Å². The number of benzene rings is 4. The van der Waals surface area contributed by atoms with Gasteiger partial charge in [0.05, 0.1) is 0 Å². The van der Waals surface area contributed by atoms with E-state index in [0.29, 0.717) is 17.8 Å². The summed E-state index contributed by atoms with van der Waals surface area (Å²) in [5.74, 6) is 1.18. The molecule has 0 aliphatic carbocycles. The molecule has 4 N–H and O–H groups in total. The summed E-state index contributed by atoms with van der Waals surface area (Å²) in [5.41, 5.74) is 24.7.